The van der Waals surface area contributed by atoms with E-state index in [4.69, 9.17) is 19.9 Å². The summed E-state index contributed by atoms with van der Waals surface area (Å²) in [7, 11) is 0. The second-order valence-electron chi connectivity index (χ2n) is 11.0. The molecule has 1 aliphatic heterocycles. The minimum atomic E-state index is -4.46. The summed E-state index contributed by atoms with van der Waals surface area (Å²) in [6.45, 7) is 2.48. The van der Waals surface area contributed by atoms with Gasteiger partial charge in [-0.05, 0) is 52.4 Å². The summed E-state index contributed by atoms with van der Waals surface area (Å²) in [5, 5.41) is 8.04. The third-order valence-corrected chi connectivity index (χ3v) is 7.78. The molecular formula is C27H32F5N5O2. The van der Waals surface area contributed by atoms with Gasteiger partial charge >= 0.3 is 6.18 Å². The summed E-state index contributed by atoms with van der Waals surface area (Å²) in [5.41, 5.74) is 1.12. The number of amidine groups is 1. The summed E-state index contributed by atoms with van der Waals surface area (Å²) >= 11 is 0. The minimum absolute atomic E-state index is 0.0367. The Morgan fingerprint density at radius 2 is 1.79 bits per heavy atom. The van der Waals surface area contributed by atoms with Gasteiger partial charge in [-0.2, -0.15) is 13.2 Å². The van der Waals surface area contributed by atoms with E-state index < -0.39 is 36.4 Å². The van der Waals surface area contributed by atoms with Crippen molar-refractivity contribution in [3.63, 3.8) is 0 Å². The lowest BCUT2D eigenvalue weighted by Gasteiger charge is -2.36. The molecule has 1 aromatic heterocycles. The number of fused-ring (bicyclic) bond motifs is 2. The van der Waals surface area contributed by atoms with Gasteiger partial charge in [0.15, 0.2) is 12.4 Å². The zero-order chi connectivity index (χ0) is 27.9. The predicted molar refractivity (Wildman–Crippen MR) is 134 cm³/mol. The lowest BCUT2D eigenvalue weighted by molar-refractivity contribution is -0.142. The van der Waals surface area contributed by atoms with Gasteiger partial charge in [-0.15, -0.1) is 0 Å². The molecule has 1 N–H and O–H groups in total. The number of alkyl halides is 3. The lowest BCUT2D eigenvalue weighted by Crippen LogP contribution is -2.44. The van der Waals surface area contributed by atoms with Crippen molar-refractivity contribution in [3.8, 4) is 5.75 Å². The van der Waals surface area contributed by atoms with Crippen LogP contribution in [-0.4, -0.2) is 58.3 Å². The van der Waals surface area contributed by atoms with E-state index in [0.29, 0.717) is 5.82 Å². The molecule has 0 atom stereocenters. The fourth-order valence-electron chi connectivity index (χ4n) is 5.60. The Labute approximate surface area is 223 Å². The predicted octanol–water partition coefficient (Wildman–Crippen LogP) is 5.72. The lowest BCUT2D eigenvalue weighted by atomic mass is 9.91. The number of nitrogens with one attached hydrogen (secondary N) is 1. The van der Waals surface area contributed by atoms with E-state index in [2.05, 4.69) is 9.88 Å². The number of anilines is 1. The van der Waals surface area contributed by atoms with Crippen molar-refractivity contribution in [2.45, 2.75) is 88.8 Å². The van der Waals surface area contributed by atoms with Crippen LogP contribution in [0.5, 0.6) is 5.75 Å². The molecule has 39 heavy (non-hydrogen) atoms. The number of nitrogens with zero attached hydrogens (tertiary/aromatic N) is 4. The quantitative estimate of drug-likeness (QED) is 0.269. The molecule has 212 valence electrons. The van der Waals surface area contributed by atoms with E-state index in [-0.39, 0.29) is 29.9 Å². The number of hydrogen-bond donors (Lipinski definition) is 1. The van der Waals surface area contributed by atoms with Gasteiger partial charge in [-0.1, -0.05) is 0 Å². The molecule has 12 heteroatoms. The Morgan fingerprint density at radius 3 is 2.38 bits per heavy atom. The van der Waals surface area contributed by atoms with Gasteiger partial charge < -0.3 is 19.3 Å². The van der Waals surface area contributed by atoms with Gasteiger partial charge in [0.05, 0.1) is 6.10 Å². The highest BCUT2D eigenvalue weighted by Gasteiger charge is 2.54. The molecule has 0 bridgehead atoms. The highest BCUT2D eigenvalue weighted by molar-refractivity contribution is 5.70. The largest absolute Gasteiger partial charge is 0.490 e. The summed E-state index contributed by atoms with van der Waals surface area (Å²) < 4.78 is 77.1. The van der Waals surface area contributed by atoms with E-state index in [1.807, 2.05) is 0 Å². The standard InChI is InChI=1S/C27H32F5N5O2/c1-16(2)36(15-27(30,31)32)25(33)38-13-23-34-12-22-24(35-23)37(14-26(22)7-8-26)19-3-5-20(6-4-19)39-21-10-17(28)9-18(29)11-21/h9-12,16,19-20,33H,3-8,13-15H2,1-2H3. The smallest absolute Gasteiger partial charge is 0.406 e. The second-order valence-corrected chi connectivity index (χ2v) is 11.0. The first kappa shape index (κ1) is 27.4. The molecule has 1 aromatic carbocycles. The number of ether oxygens (including phenoxy) is 2. The summed E-state index contributed by atoms with van der Waals surface area (Å²) in [4.78, 5) is 12.3. The van der Waals surface area contributed by atoms with Crippen molar-refractivity contribution < 1.29 is 31.4 Å². The van der Waals surface area contributed by atoms with Gasteiger partial charge in [0.2, 0.25) is 0 Å². The number of halogens is 5. The maximum Gasteiger partial charge on any atom is 0.406 e. The Balaban J connectivity index is 1.23. The van der Waals surface area contributed by atoms with Gasteiger partial charge in [-0.25, -0.2) is 18.7 Å². The monoisotopic (exact) mass is 553 g/mol. The van der Waals surface area contributed by atoms with E-state index >= 15 is 0 Å². The number of aromatic nitrogens is 2. The molecular weight excluding hydrogens is 521 g/mol. The average molecular weight is 554 g/mol. The Kier molecular flexibility index (Phi) is 7.32. The van der Waals surface area contributed by atoms with E-state index in [1.165, 1.54) is 12.1 Å². The van der Waals surface area contributed by atoms with Gasteiger partial charge in [0.1, 0.15) is 29.7 Å². The SMILES string of the molecule is CC(C)N(CC(F)(F)F)C(=N)OCc1ncc2c(n1)N(C1CCC(Oc3cc(F)cc(F)c3)CC1)CC21CC1. The van der Waals surface area contributed by atoms with Crippen LogP contribution in [0.15, 0.2) is 24.4 Å². The van der Waals surface area contributed by atoms with Crippen LogP contribution in [0.2, 0.25) is 0 Å². The van der Waals surface area contributed by atoms with Crippen molar-refractivity contribution in [2.75, 3.05) is 18.0 Å². The van der Waals surface area contributed by atoms with Crippen LogP contribution in [0.1, 0.15) is 63.8 Å². The second kappa shape index (κ2) is 10.4. The van der Waals surface area contributed by atoms with E-state index in [9.17, 15) is 22.0 Å². The average Bonchev–Trinajstić information content (AvgIpc) is 3.56. The normalized spacial score (nSPS) is 21.7. The van der Waals surface area contributed by atoms with Gasteiger partial charge in [0, 0.05) is 54.0 Å². The van der Waals surface area contributed by atoms with Crippen LogP contribution in [0.4, 0.5) is 27.8 Å². The number of rotatable bonds is 7. The van der Waals surface area contributed by atoms with Crippen LogP contribution >= 0.6 is 0 Å². The molecule has 5 rings (SSSR count). The first-order valence-corrected chi connectivity index (χ1v) is 13.2. The molecule has 3 aliphatic rings. The molecule has 1 spiro atoms. The summed E-state index contributed by atoms with van der Waals surface area (Å²) in [6, 6.07) is 2.26. The van der Waals surface area contributed by atoms with Crippen molar-refractivity contribution in [1.82, 2.24) is 14.9 Å². The third-order valence-electron chi connectivity index (χ3n) is 7.78. The fourth-order valence-corrected chi connectivity index (χ4v) is 5.60. The molecule has 0 amide bonds. The zero-order valence-corrected chi connectivity index (χ0v) is 21.9. The van der Waals surface area contributed by atoms with E-state index in [1.54, 1.807) is 20.0 Å². The maximum absolute atomic E-state index is 13.5. The molecule has 7 nitrogen and oxygen atoms in total. The molecule has 2 aromatic rings. The van der Waals surface area contributed by atoms with Crippen LogP contribution in [0, 0.1) is 17.0 Å². The topological polar surface area (TPSA) is 74.6 Å². The minimum Gasteiger partial charge on any atom is -0.490 e. The fraction of sp³-hybridized carbons (Fsp3) is 0.593. The first-order chi connectivity index (χ1) is 18.4. The van der Waals surface area contributed by atoms with Gasteiger partial charge in [0.25, 0.3) is 6.02 Å². The highest BCUT2D eigenvalue weighted by Crippen LogP contribution is 2.56. The molecule has 0 saturated heterocycles. The Bertz CT molecular complexity index is 1190. The molecule has 0 radical (unpaired) electrons. The van der Waals surface area contributed by atoms with E-state index in [0.717, 1.165) is 67.4 Å². The first-order valence-electron chi connectivity index (χ1n) is 13.2. The van der Waals surface area contributed by atoms with Crippen molar-refractivity contribution in [1.29, 1.82) is 5.41 Å². The van der Waals surface area contributed by atoms with Crippen LogP contribution in [-0.2, 0) is 16.8 Å². The highest BCUT2D eigenvalue weighted by atomic mass is 19.4. The number of benzene rings is 1. The van der Waals surface area contributed by atoms with Crippen molar-refractivity contribution in [2.24, 2.45) is 0 Å². The Morgan fingerprint density at radius 1 is 1.13 bits per heavy atom. The zero-order valence-electron chi connectivity index (χ0n) is 21.9. The van der Waals surface area contributed by atoms with Crippen molar-refractivity contribution in [3.05, 3.63) is 47.4 Å². The molecule has 2 heterocycles. The molecule has 2 fully saturated rings. The molecule has 2 saturated carbocycles. The van der Waals surface area contributed by atoms with Crippen LogP contribution in [0.3, 0.4) is 0 Å². The number of hydrogen-bond acceptors (Lipinski definition) is 6. The van der Waals surface area contributed by atoms with Crippen molar-refractivity contribution >= 4 is 11.8 Å². The van der Waals surface area contributed by atoms with Gasteiger partial charge in [-0.3, -0.25) is 5.41 Å². The van der Waals surface area contributed by atoms with Crippen LogP contribution < -0.4 is 9.64 Å². The molecule has 2 aliphatic carbocycles. The molecule has 0 unspecified atom stereocenters. The maximum atomic E-state index is 13.5. The third kappa shape index (κ3) is 6.19. The van der Waals surface area contributed by atoms with Crippen LogP contribution in [0.25, 0.3) is 0 Å². The summed E-state index contributed by atoms with van der Waals surface area (Å²) in [5.74, 6) is -0.0289. The Hall–Kier alpha value is -3.18. The summed E-state index contributed by atoms with van der Waals surface area (Å²) in [6.07, 6.45) is 2.38.